The van der Waals surface area contributed by atoms with E-state index < -0.39 is 193 Å². The highest BCUT2D eigenvalue weighted by molar-refractivity contribution is 7.95. The highest BCUT2D eigenvalue weighted by Crippen LogP contribution is 2.35. The van der Waals surface area contributed by atoms with Gasteiger partial charge in [-0.05, 0) is 31.7 Å². The number of anilines is 1. The SMILES string of the molecule is Cc1c(N)nc([C@H](CC(N)=O)NC[C@H](N)C(N)=O)nc1C(=O)N[C@H](C(=O)N[C@H](C)[C@@H](O)[C@H](C)C(=O)N[C@H](C(=O)NCCc1nc(-c2nc(C(=O)NCCC[S+](C)C)cs2)cs1)[C@@H](C)O)C(O[C@@H]1O[C@@H](CO)[C@@H](O)[C@H](O)[C@@H]1O[C@H]1O[C@H](CO)[C@@H](O)[C@H](OC(N)=O)[C@@H]1O)c1cnc[nH]1.O=S(=O)(O)O. The maximum Gasteiger partial charge on any atom is 0.404 e. The molecular formula is C55H86N17O25S4+. The molecular weight excluding hydrogens is 1430 g/mol. The predicted octanol–water partition coefficient (Wildman–Crippen LogP) is -8.36. The van der Waals surface area contributed by atoms with E-state index in [1.54, 1.807) is 10.8 Å². The number of imidazole rings is 1. The smallest absolute Gasteiger partial charge is 0.404 e. The quantitative estimate of drug-likeness (QED) is 0.0116. The van der Waals surface area contributed by atoms with Crippen LogP contribution in [0.5, 0.6) is 0 Å². The van der Waals surface area contributed by atoms with Gasteiger partial charge in [-0.2, -0.15) is 8.42 Å². The summed E-state index contributed by atoms with van der Waals surface area (Å²) in [6.45, 7) is 3.18. The van der Waals surface area contributed by atoms with E-state index in [4.69, 9.17) is 69.9 Å². The topological polar surface area (TPSA) is 702 Å². The lowest BCUT2D eigenvalue weighted by Gasteiger charge is -2.47. The van der Waals surface area contributed by atoms with Crippen LogP contribution < -0.4 is 60.6 Å². The molecule has 564 valence electrons. The van der Waals surface area contributed by atoms with Crippen molar-refractivity contribution in [3.8, 4) is 10.7 Å². The van der Waals surface area contributed by atoms with Crippen molar-refractivity contribution >= 4 is 97.2 Å². The summed E-state index contributed by atoms with van der Waals surface area (Å²) in [4.78, 5) is 131. The Bertz CT molecular complexity index is 3540. The number of hydrogen-bond donors (Lipinski definition) is 22. The van der Waals surface area contributed by atoms with Gasteiger partial charge in [0.05, 0.1) is 85.2 Å². The van der Waals surface area contributed by atoms with E-state index in [2.05, 4.69) is 74.3 Å². The van der Waals surface area contributed by atoms with E-state index >= 15 is 4.79 Å². The Kier molecular flexibility index (Phi) is 32.3. The van der Waals surface area contributed by atoms with Crippen LogP contribution in [0.3, 0.4) is 0 Å². The zero-order valence-corrected chi connectivity index (χ0v) is 58.3. The zero-order valence-electron chi connectivity index (χ0n) is 55.0. The molecule has 2 aliphatic rings. The molecule has 2 aliphatic heterocycles. The molecule has 8 amide bonds. The summed E-state index contributed by atoms with van der Waals surface area (Å²) in [7, 11) is -4.41. The molecule has 6 rings (SSSR count). The minimum Gasteiger partial charge on any atom is -0.441 e. The highest BCUT2D eigenvalue weighted by Gasteiger charge is 2.54. The number of aromatic amines is 1. The van der Waals surface area contributed by atoms with Gasteiger partial charge in [-0.1, -0.05) is 6.92 Å². The number of aliphatic hydroxyl groups is 8. The number of carbonyl (C=O) groups excluding carboxylic acids is 8. The lowest BCUT2D eigenvalue weighted by atomic mass is 9.96. The summed E-state index contributed by atoms with van der Waals surface area (Å²) in [5.74, 6) is -7.69. The number of nitrogens with zero attached hydrogens (tertiary/aromatic N) is 5. The molecule has 42 nitrogen and oxygen atoms in total. The molecule has 19 atom stereocenters. The number of nitrogens with one attached hydrogen (secondary N) is 7. The molecule has 101 heavy (non-hydrogen) atoms. The second-order valence-electron chi connectivity index (χ2n) is 23.3. The number of ether oxygens (including phenoxy) is 5. The van der Waals surface area contributed by atoms with Gasteiger partial charge < -0.3 is 130 Å². The second-order valence-corrected chi connectivity index (χ2v) is 28.3. The molecule has 46 heteroatoms. The number of hydrogen-bond acceptors (Lipinski definition) is 33. The molecule has 0 saturated carbocycles. The van der Waals surface area contributed by atoms with Crippen LogP contribution in [0, 0.1) is 12.8 Å². The first kappa shape index (κ1) is 84.2. The third-order valence-corrected chi connectivity index (χ3v) is 18.2. The number of aliphatic hydroxyl groups excluding tert-OH is 8. The van der Waals surface area contributed by atoms with Crippen molar-refractivity contribution in [2.45, 2.75) is 157 Å². The number of carbonyl (C=O) groups is 8. The molecule has 0 bridgehead atoms. The Morgan fingerprint density at radius 2 is 1.44 bits per heavy atom. The van der Waals surface area contributed by atoms with Gasteiger partial charge in [0.25, 0.3) is 11.8 Å². The van der Waals surface area contributed by atoms with Crippen molar-refractivity contribution in [3.63, 3.8) is 0 Å². The van der Waals surface area contributed by atoms with Gasteiger partial charge in [0.2, 0.25) is 29.5 Å². The maximum atomic E-state index is 15.2. The van der Waals surface area contributed by atoms with Crippen LogP contribution in [0.25, 0.3) is 10.7 Å². The lowest BCUT2D eigenvalue weighted by molar-refractivity contribution is -0.372. The Morgan fingerprint density at radius 1 is 0.782 bits per heavy atom. The summed E-state index contributed by atoms with van der Waals surface area (Å²) >= 11 is 2.52. The normalized spacial score (nSPS) is 23.4. The van der Waals surface area contributed by atoms with Crippen LogP contribution in [0.2, 0.25) is 0 Å². The third-order valence-electron chi connectivity index (χ3n) is 15.3. The molecule has 0 spiro atoms. The van der Waals surface area contributed by atoms with Crippen LogP contribution in [0.1, 0.15) is 88.8 Å². The van der Waals surface area contributed by atoms with Crippen LogP contribution in [0.4, 0.5) is 10.6 Å². The van der Waals surface area contributed by atoms with Crippen LogP contribution in [0.15, 0.2) is 23.3 Å². The summed E-state index contributed by atoms with van der Waals surface area (Å²) in [5.41, 5.74) is 28.1. The number of nitrogen functional groups attached to an aromatic ring is 1. The molecule has 6 heterocycles. The number of aromatic nitrogens is 6. The first-order valence-electron chi connectivity index (χ1n) is 30.5. The number of rotatable bonds is 35. The molecule has 2 fully saturated rings. The minimum absolute atomic E-state index is 0.00498. The first-order valence-corrected chi connectivity index (χ1v) is 35.9. The van der Waals surface area contributed by atoms with Crippen LogP contribution in [-0.2, 0) is 75.4 Å². The molecule has 1 unspecified atom stereocenters. The standard InChI is InChI=1S/C55H83N17O21S3.H2O4S/c1-20-33(69-46(72-44(20)58)25(12-31(57)76)64-13-24(56)45(59)82)50(86)71-35(41(26-14-61-19-65-26)91-54-43(39(80)37(78)29(15-73)90-54)92-53-40(81)42(93-55(60)88)38(79)30(16-74)89-53)51(87)66-22(3)36(77)21(2)47(83)70-34(23(4)75)49(85)63-10-8-32-67-28(18-94-32)52-68-27(17-95-52)48(84)62-9-7-11-96(5)6;1-5(2,3)4/h14,17-19,21-25,29-30,34-43,53-54,64,73-75,77-81H,7-13,15-16,56H2,1-6H3,(H13-,57,58,59,60,61,62,63,65,66,69,70,71,72,76,82,83,84,85,86,87,88);(H2,1,2,3,4)/p+1/t21-,22+,23+,24-,25-,29-,30+,34-,35-,36-,37+,38+,39-,40-,41?,42-,43-,53+,54-;/m0./s1. The fourth-order valence-corrected chi connectivity index (χ4v) is 12.1. The van der Waals surface area contributed by atoms with Gasteiger partial charge in [-0.15, -0.1) is 22.7 Å². The molecule has 0 aliphatic carbocycles. The van der Waals surface area contributed by atoms with Crippen molar-refractivity contribution < 1.29 is 120 Å². The van der Waals surface area contributed by atoms with Gasteiger partial charge in [0, 0.05) is 55.2 Å². The number of primary amides is 3. The lowest BCUT2D eigenvalue weighted by Crippen LogP contribution is -2.65. The van der Waals surface area contributed by atoms with E-state index in [0.29, 0.717) is 22.3 Å². The van der Waals surface area contributed by atoms with Crippen molar-refractivity contribution in [2.24, 2.45) is 28.9 Å². The Hall–Kier alpha value is -7.43. The Balaban J connectivity index is 0.00000354. The van der Waals surface area contributed by atoms with Gasteiger partial charge >= 0.3 is 16.5 Å². The van der Waals surface area contributed by atoms with Gasteiger partial charge in [0.15, 0.2) is 18.7 Å². The monoisotopic (exact) mass is 1510 g/mol. The average molecular weight is 1510 g/mol. The van der Waals surface area contributed by atoms with Crippen molar-refractivity contribution in [3.05, 3.63) is 56.8 Å². The van der Waals surface area contributed by atoms with E-state index in [0.717, 1.165) is 24.7 Å². The predicted molar refractivity (Wildman–Crippen MR) is 353 cm³/mol. The van der Waals surface area contributed by atoms with Crippen molar-refractivity contribution in [1.82, 2.24) is 61.8 Å². The highest BCUT2D eigenvalue weighted by atomic mass is 32.3. The van der Waals surface area contributed by atoms with Gasteiger partial charge in [-0.3, -0.25) is 42.7 Å². The summed E-state index contributed by atoms with van der Waals surface area (Å²) < 4.78 is 60.3. The largest absolute Gasteiger partial charge is 0.441 e. The van der Waals surface area contributed by atoms with E-state index in [9.17, 15) is 74.4 Å². The van der Waals surface area contributed by atoms with Crippen molar-refractivity contribution in [2.75, 3.05) is 56.8 Å². The molecule has 0 aromatic carbocycles. The van der Waals surface area contributed by atoms with E-state index in [1.165, 1.54) is 50.4 Å². The first-order chi connectivity index (χ1) is 47.3. The number of amides is 8. The molecule has 2 saturated heterocycles. The fourth-order valence-electron chi connectivity index (χ4n) is 9.80. The number of thiazole rings is 2. The zero-order chi connectivity index (χ0) is 75.5. The molecule has 27 N–H and O–H groups in total. The fraction of sp³-hybridized carbons (Fsp3) is 0.618. The third kappa shape index (κ3) is 24.6. The van der Waals surface area contributed by atoms with Crippen LogP contribution in [-0.4, -0.2) is 285 Å². The number of nitrogens with two attached hydrogens (primary N) is 5. The Morgan fingerprint density at radius 3 is 2.03 bits per heavy atom. The number of H-pyrrole nitrogens is 1. The minimum atomic E-state index is -4.67. The maximum absolute atomic E-state index is 15.2. The molecule has 0 radical (unpaired) electrons. The van der Waals surface area contributed by atoms with Gasteiger partial charge in [-0.25, -0.2) is 29.7 Å². The molecule has 4 aromatic rings. The Labute approximate surface area is 586 Å². The van der Waals surface area contributed by atoms with E-state index in [1.807, 2.05) is 0 Å². The average Bonchev–Trinajstić information content (AvgIpc) is 1.16. The molecule has 4 aromatic heterocycles. The van der Waals surface area contributed by atoms with Gasteiger partial charge in [0.1, 0.15) is 100 Å². The van der Waals surface area contributed by atoms with Crippen molar-refractivity contribution in [1.29, 1.82) is 0 Å². The summed E-state index contributed by atoms with van der Waals surface area (Å²) in [6.07, 6.45) is -20.0. The van der Waals surface area contributed by atoms with E-state index in [-0.39, 0.29) is 64.9 Å². The summed E-state index contributed by atoms with van der Waals surface area (Å²) in [5, 5.41) is 108. The second kappa shape index (κ2) is 38.7. The summed E-state index contributed by atoms with van der Waals surface area (Å²) in [6, 6.07) is -7.85. The van der Waals surface area contributed by atoms with Crippen LogP contribution >= 0.6 is 22.7 Å².